The van der Waals surface area contributed by atoms with Gasteiger partial charge in [-0.15, -0.1) is 0 Å². The van der Waals surface area contributed by atoms with E-state index in [9.17, 15) is 28.8 Å². The quantitative estimate of drug-likeness (QED) is 0.0181. The van der Waals surface area contributed by atoms with E-state index in [-0.39, 0.29) is 29.2 Å². The Morgan fingerprint density at radius 2 is 1.66 bits per heavy atom. The minimum Gasteiger partial charge on any atom is -0.494 e. The lowest BCUT2D eigenvalue weighted by atomic mass is 9.91. The maximum Gasteiger partial charge on any atom is 0.293 e. The normalized spacial score (nSPS) is 13.0. The number of fused-ring (bicyclic) bond motifs is 1. The molecule has 1 aliphatic rings. The van der Waals surface area contributed by atoms with Crippen molar-refractivity contribution in [2.45, 2.75) is 93.4 Å². The number of Topliss-reactive ketones (excluding diaryl/α,β-unsaturated/α-hetero) is 3. The molecule has 2 aromatic carbocycles. The summed E-state index contributed by atoms with van der Waals surface area (Å²) in [6, 6.07) is 10.4. The number of piperidine rings is 1. The number of carbonyl (C=O) groups excluding carboxylic acids is 5. The maximum absolute atomic E-state index is 12.7. The molecule has 400 valence electrons. The van der Waals surface area contributed by atoms with Gasteiger partial charge in [-0.25, -0.2) is 4.98 Å². The predicted molar refractivity (Wildman–Crippen MR) is 289 cm³/mol. The molecule has 5 rings (SSSR count). The van der Waals surface area contributed by atoms with Gasteiger partial charge in [-0.1, -0.05) is 76.9 Å². The molecule has 0 radical (unpaired) electrons. The van der Waals surface area contributed by atoms with E-state index in [0.717, 1.165) is 58.0 Å². The lowest BCUT2D eigenvalue weighted by Crippen LogP contribution is -2.34. The van der Waals surface area contributed by atoms with Crippen molar-refractivity contribution in [3.8, 4) is 11.5 Å². The van der Waals surface area contributed by atoms with Gasteiger partial charge in [-0.3, -0.25) is 28.8 Å². The first kappa shape index (κ1) is 60.9. The Morgan fingerprint density at radius 3 is 2.26 bits per heavy atom. The predicted octanol–water partition coefficient (Wildman–Crippen LogP) is 8.49. The number of aromatic nitrogens is 3. The molecule has 18 nitrogen and oxygen atoms in total. The summed E-state index contributed by atoms with van der Waals surface area (Å²) in [5, 5.41) is 9.97. The average Bonchev–Trinajstić information content (AvgIpc) is 3.37. The van der Waals surface area contributed by atoms with Crippen LogP contribution in [0, 0.1) is 17.8 Å². The van der Waals surface area contributed by atoms with E-state index in [1.54, 1.807) is 44.4 Å². The highest BCUT2D eigenvalue weighted by molar-refractivity contribution is 6.33. The van der Waals surface area contributed by atoms with Crippen molar-refractivity contribution in [1.82, 2.24) is 19.9 Å². The number of ketones is 3. The third-order valence-corrected chi connectivity index (χ3v) is 12.6. The number of hydrogen-bond acceptors (Lipinski definition) is 15. The first-order valence-electron chi connectivity index (χ1n) is 25.0. The number of aryl methyl sites for hydroxylation is 1. The van der Waals surface area contributed by atoms with Crippen LogP contribution >= 0.6 is 11.6 Å². The Balaban J connectivity index is 0.000000322. The number of primary amides is 1. The van der Waals surface area contributed by atoms with E-state index in [1.807, 2.05) is 32.9 Å². The first-order chi connectivity index (χ1) is 34.9. The van der Waals surface area contributed by atoms with E-state index in [2.05, 4.69) is 51.2 Å². The molecule has 1 fully saturated rings. The number of benzene rings is 2. The lowest BCUT2D eigenvalue weighted by molar-refractivity contribution is -0.121. The van der Waals surface area contributed by atoms with Gasteiger partial charge in [0.05, 0.1) is 50.8 Å². The summed E-state index contributed by atoms with van der Waals surface area (Å²) in [6.07, 6.45) is 9.36. The fraction of sp³-hybridized carbons (Fsp3) is 0.519. The number of amides is 2. The van der Waals surface area contributed by atoms with Gasteiger partial charge in [-0.2, -0.15) is 4.98 Å². The van der Waals surface area contributed by atoms with Gasteiger partial charge in [0.15, 0.2) is 29.7 Å². The van der Waals surface area contributed by atoms with Gasteiger partial charge in [0.1, 0.15) is 16.6 Å². The summed E-state index contributed by atoms with van der Waals surface area (Å²) < 4.78 is 23.0. The van der Waals surface area contributed by atoms with Crippen molar-refractivity contribution in [2.75, 3.05) is 81.9 Å². The molecular formula is C54H77ClN8O10. The number of hydrogen-bond donors (Lipinski definition) is 4. The Hall–Kier alpha value is -6.37. The molecule has 1 aliphatic heterocycles. The molecule has 2 atom stereocenters. The zero-order chi connectivity index (χ0) is 54.0. The molecular weight excluding hydrogens is 956 g/mol. The monoisotopic (exact) mass is 1030 g/mol. The second-order valence-corrected chi connectivity index (χ2v) is 18.5. The minimum atomic E-state index is -0.674. The van der Waals surface area contributed by atoms with Crippen molar-refractivity contribution in [3.63, 3.8) is 0 Å². The standard InChI is InChI=1S/C23H27ClN6O4.C20H30N2O5.C11H20O/c1-13-4-6-30(7-5-13)23-26-11-16(24)21(28-23)27-15-8-14-9-18(34-12-19(25)31)22(32)29(2)20(14)17(10-15)33-3;1-4-15(2)20(25)19-17(16(3)24)6-5-7-18(19)22-9-11-27-13-12-26-10-8-21-14-23;1-5-6-9(2)7-8-10(3)11(4)12/h8-11,13H,4-7,12H2,1-3H3,(H2,25,31)(H,26,27,28);5-7,14-15,22H,4,8-13H2,1-3H3,(H,21,23);10H,2,5-8H2,1,3-4H3. The zero-order valence-corrected chi connectivity index (χ0v) is 45.0. The van der Waals surface area contributed by atoms with Crippen LogP contribution in [-0.2, 0) is 30.9 Å². The summed E-state index contributed by atoms with van der Waals surface area (Å²) in [6.45, 7) is 21.5. The molecule has 3 heterocycles. The Bertz CT molecular complexity index is 2530. The van der Waals surface area contributed by atoms with Crippen molar-refractivity contribution in [2.24, 2.45) is 30.5 Å². The number of halogens is 1. The molecule has 5 N–H and O–H groups in total. The van der Waals surface area contributed by atoms with Crippen LogP contribution in [0.3, 0.4) is 0 Å². The van der Waals surface area contributed by atoms with Crippen molar-refractivity contribution < 1.29 is 42.9 Å². The second-order valence-electron chi connectivity index (χ2n) is 18.1. The minimum absolute atomic E-state index is 0.00897. The maximum atomic E-state index is 12.7. The van der Waals surface area contributed by atoms with Gasteiger partial charge in [0.2, 0.25) is 12.4 Å². The smallest absolute Gasteiger partial charge is 0.293 e. The van der Waals surface area contributed by atoms with Crippen molar-refractivity contribution in [1.29, 1.82) is 0 Å². The number of carbonyl (C=O) groups is 5. The highest BCUT2D eigenvalue weighted by atomic mass is 35.5. The molecule has 2 aromatic heterocycles. The number of allylic oxidation sites excluding steroid dienone is 1. The van der Waals surface area contributed by atoms with Gasteiger partial charge >= 0.3 is 0 Å². The second kappa shape index (κ2) is 31.9. The van der Waals surface area contributed by atoms with Gasteiger partial charge in [-0.05, 0) is 76.5 Å². The fourth-order valence-corrected chi connectivity index (χ4v) is 7.69. The van der Waals surface area contributed by atoms with Crippen LogP contribution in [-0.4, -0.2) is 111 Å². The topological polar surface area (TPSA) is 235 Å². The molecule has 2 amide bonds. The number of pyridine rings is 1. The molecule has 0 saturated carbocycles. The van der Waals surface area contributed by atoms with Crippen molar-refractivity contribution >= 4 is 75.3 Å². The molecule has 4 aromatic rings. The number of nitrogens with two attached hydrogens (primary N) is 1. The van der Waals surface area contributed by atoms with Gasteiger partial charge in [0.25, 0.3) is 11.5 Å². The highest BCUT2D eigenvalue weighted by Crippen LogP contribution is 2.34. The summed E-state index contributed by atoms with van der Waals surface area (Å²) in [4.78, 5) is 80.6. The van der Waals surface area contributed by atoms with Crippen LogP contribution in [0.15, 0.2) is 59.5 Å². The average molecular weight is 1030 g/mol. The number of rotatable bonds is 28. The number of nitrogens with zero attached hydrogens (tertiary/aromatic N) is 4. The van der Waals surface area contributed by atoms with Crippen molar-refractivity contribution in [3.05, 3.63) is 81.3 Å². The highest BCUT2D eigenvalue weighted by Gasteiger charge is 2.23. The van der Waals surface area contributed by atoms with Crippen LogP contribution in [0.25, 0.3) is 10.9 Å². The molecule has 0 bridgehead atoms. The molecule has 0 spiro atoms. The summed E-state index contributed by atoms with van der Waals surface area (Å²) in [5.74, 6) is 1.79. The molecule has 1 saturated heterocycles. The van der Waals surface area contributed by atoms with Crippen LogP contribution in [0.1, 0.15) is 114 Å². The molecule has 2 unspecified atom stereocenters. The summed E-state index contributed by atoms with van der Waals surface area (Å²) >= 11 is 6.40. The van der Waals surface area contributed by atoms with Crippen LogP contribution in [0.4, 0.5) is 23.1 Å². The van der Waals surface area contributed by atoms with Gasteiger partial charge < -0.3 is 50.1 Å². The summed E-state index contributed by atoms with van der Waals surface area (Å²) in [5.41, 5.74) is 8.81. The zero-order valence-electron chi connectivity index (χ0n) is 44.2. The van der Waals surface area contributed by atoms with E-state index >= 15 is 0 Å². The summed E-state index contributed by atoms with van der Waals surface area (Å²) in [7, 11) is 3.12. The van der Waals surface area contributed by atoms with E-state index < -0.39 is 18.1 Å². The van der Waals surface area contributed by atoms with Crippen LogP contribution < -0.4 is 41.6 Å². The van der Waals surface area contributed by atoms with Gasteiger partial charge in [0, 0.05) is 73.5 Å². The fourth-order valence-electron chi connectivity index (χ4n) is 7.55. The third-order valence-electron chi connectivity index (χ3n) is 12.3. The molecule has 0 aliphatic carbocycles. The number of methoxy groups -OCH3 is 1. The molecule has 73 heavy (non-hydrogen) atoms. The first-order valence-corrected chi connectivity index (χ1v) is 25.3. The number of anilines is 4. The van der Waals surface area contributed by atoms with E-state index in [0.29, 0.717) is 114 Å². The van der Waals surface area contributed by atoms with E-state index in [1.165, 1.54) is 24.2 Å². The number of ether oxygens (including phenoxy) is 4. The molecule has 19 heteroatoms. The Labute approximate surface area is 435 Å². The lowest BCUT2D eigenvalue weighted by Gasteiger charge is -2.30. The SMILES string of the molecule is C=C(CCC)CCC(C)C(C)=O.CCC(C)C(=O)c1c(NCCOCCOCCNC=O)cccc1C(C)=O.COc1cc(Nc2nc(N3CCC(C)CC3)ncc2Cl)cc2cc(OCC(N)=O)c(=O)n(C)c12. The van der Waals surface area contributed by atoms with Crippen LogP contribution in [0.5, 0.6) is 11.5 Å². The van der Waals surface area contributed by atoms with Crippen LogP contribution in [0.2, 0.25) is 5.02 Å². The third kappa shape index (κ3) is 19.9. The number of nitrogens with one attached hydrogen (secondary N) is 3. The Kier molecular flexibility index (Phi) is 26.7. The Morgan fingerprint density at radius 1 is 0.973 bits per heavy atom. The van der Waals surface area contributed by atoms with E-state index in [4.69, 9.17) is 36.3 Å². The largest absolute Gasteiger partial charge is 0.494 e.